The highest BCUT2D eigenvalue weighted by Gasteiger charge is 2.11. The van der Waals surface area contributed by atoms with E-state index < -0.39 is 5.97 Å². The van der Waals surface area contributed by atoms with Gasteiger partial charge in [0.05, 0.1) is 6.61 Å². The largest absolute Gasteiger partial charge is 0.477 e. The molecular weight excluding hydrogens is 288 g/mol. The predicted octanol–water partition coefficient (Wildman–Crippen LogP) is 1.53. The first kappa shape index (κ1) is 14.2. The van der Waals surface area contributed by atoms with Gasteiger partial charge in [-0.2, -0.15) is 0 Å². The molecule has 0 spiro atoms. The average Bonchev–Trinajstić information content (AvgIpc) is 2.65. The minimum Gasteiger partial charge on any atom is -0.477 e. The Morgan fingerprint density at radius 3 is 2.88 bits per heavy atom. The van der Waals surface area contributed by atoms with Gasteiger partial charge in [-0.25, -0.2) is 4.79 Å². The SMILES string of the molecule is COCCN(C)CCn1cc(Br)cc1C(=O)O. The molecule has 1 aromatic heterocycles. The molecule has 1 aromatic rings. The highest BCUT2D eigenvalue weighted by atomic mass is 79.9. The van der Waals surface area contributed by atoms with E-state index in [1.165, 1.54) is 0 Å². The van der Waals surface area contributed by atoms with Crippen molar-refractivity contribution < 1.29 is 14.6 Å². The van der Waals surface area contributed by atoms with Crippen LogP contribution in [0, 0.1) is 0 Å². The second-order valence-corrected chi connectivity index (χ2v) is 4.75. The lowest BCUT2D eigenvalue weighted by molar-refractivity contribution is 0.0684. The first-order chi connectivity index (χ1) is 8.04. The Labute approximate surface area is 109 Å². The maximum Gasteiger partial charge on any atom is 0.352 e. The number of aromatic carboxylic acids is 1. The number of carbonyl (C=O) groups is 1. The zero-order valence-electron chi connectivity index (χ0n) is 10.0. The fourth-order valence-electron chi connectivity index (χ4n) is 1.48. The van der Waals surface area contributed by atoms with Crippen molar-refractivity contribution in [3.05, 3.63) is 22.4 Å². The topological polar surface area (TPSA) is 54.7 Å². The fraction of sp³-hybridized carbons (Fsp3) is 0.545. The van der Waals surface area contributed by atoms with Crippen LogP contribution >= 0.6 is 15.9 Å². The molecule has 17 heavy (non-hydrogen) atoms. The van der Waals surface area contributed by atoms with Crippen molar-refractivity contribution in [2.24, 2.45) is 0 Å². The van der Waals surface area contributed by atoms with Crippen LogP contribution in [0.4, 0.5) is 0 Å². The van der Waals surface area contributed by atoms with Crippen LogP contribution in [0.2, 0.25) is 0 Å². The number of ether oxygens (including phenoxy) is 1. The minimum atomic E-state index is -0.907. The van der Waals surface area contributed by atoms with Gasteiger partial charge in [-0.05, 0) is 29.0 Å². The monoisotopic (exact) mass is 304 g/mol. The highest BCUT2D eigenvalue weighted by molar-refractivity contribution is 9.10. The van der Waals surface area contributed by atoms with E-state index in [1.54, 1.807) is 23.9 Å². The Kier molecular flexibility index (Phi) is 5.67. The third-order valence-electron chi connectivity index (χ3n) is 2.48. The molecule has 6 heteroatoms. The average molecular weight is 305 g/mol. The van der Waals surface area contributed by atoms with E-state index in [9.17, 15) is 4.79 Å². The van der Waals surface area contributed by atoms with Crippen molar-refractivity contribution in [1.82, 2.24) is 9.47 Å². The van der Waals surface area contributed by atoms with Crippen LogP contribution in [0.5, 0.6) is 0 Å². The lowest BCUT2D eigenvalue weighted by Crippen LogP contribution is -2.27. The number of hydrogen-bond donors (Lipinski definition) is 1. The molecule has 1 N–H and O–H groups in total. The van der Waals surface area contributed by atoms with Gasteiger partial charge in [0.25, 0.3) is 0 Å². The van der Waals surface area contributed by atoms with Gasteiger partial charge in [-0.1, -0.05) is 0 Å². The van der Waals surface area contributed by atoms with Gasteiger partial charge in [-0.3, -0.25) is 0 Å². The molecule has 0 radical (unpaired) electrons. The summed E-state index contributed by atoms with van der Waals surface area (Å²) in [4.78, 5) is 13.1. The molecule has 0 aromatic carbocycles. The molecule has 1 rings (SSSR count). The summed E-state index contributed by atoms with van der Waals surface area (Å²) in [5, 5.41) is 9.01. The summed E-state index contributed by atoms with van der Waals surface area (Å²) in [6.07, 6.45) is 1.79. The lowest BCUT2D eigenvalue weighted by atomic mass is 10.4. The highest BCUT2D eigenvalue weighted by Crippen LogP contribution is 2.15. The van der Waals surface area contributed by atoms with Gasteiger partial charge in [-0.15, -0.1) is 0 Å². The first-order valence-corrected chi connectivity index (χ1v) is 6.10. The molecule has 0 unspecified atom stereocenters. The van der Waals surface area contributed by atoms with Crippen LogP contribution in [0.3, 0.4) is 0 Å². The molecule has 0 amide bonds. The molecule has 0 saturated heterocycles. The van der Waals surface area contributed by atoms with Gasteiger partial charge in [0, 0.05) is 37.4 Å². The Bertz CT molecular complexity index is 379. The number of rotatable bonds is 7. The Balaban J connectivity index is 2.53. The Morgan fingerprint density at radius 2 is 2.29 bits per heavy atom. The van der Waals surface area contributed by atoms with Crippen molar-refractivity contribution in [3.8, 4) is 0 Å². The van der Waals surface area contributed by atoms with Crippen LogP contribution < -0.4 is 0 Å². The smallest absolute Gasteiger partial charge is 0.352 e. The quantitative estimate of drug-likeness (QED) is 0.830. The van der Waals surface area contributed by atoms with E-state index in [2.05, 4.69) is 20.8 Å². The molecule has 0 aliphatic heterocycles. The lowest BCUT2D eigenvalue weighted by Gasteiger charge is -2.16. The molecule has 1 heterocycles. The van der Waals surface area contributed by atoms with Crippen LogP contribution in [0.15, 0.2) is 16.7 Å². The second kappa shape index (κ2) is 6.78. The van der Waals surface area contributed by atoms with E-state index in [4.69, 9.17) is 9.84 Å². The summed E-state index contributed by atoms with van der Waals surface area (Å²) in [7, 11) is 3.65. The standard InChI is InChI=1S/C11H17BrN2O3/c1-13(5-6-17-2)3-4-14-8-9(12)7-10(14)11(15)16/h7-8H,3-6H2,1-2H3,(H,15,16). The van der Waals surface area contributed by atoms with E-state index in [0.29, 0.717) is 18.8 Å². The number of carboxylic acid groups (broad SMARTS) is 1. The van der Waals surface area contributed by atoms with Gasteiger partial charge < -0.3 is 19.3 Å². The van der Waals surface area contributed by atoms with E-state index >= 15 is 0 Å². The summed E-state index contributed by atoms with van der Waals surface area (Å²) < 4.78 is 7.50. The number of likely N-dealkylation sites (N-methyl/N-ethyl adjacent to an activating group) is 1. The molecule has 0 bridgehead atoms. The molecule has 0 aliphatic rings. The maximum atomic E-state index is 11.0. The van der Waals surface area contributed by atoms with Crippen LogP contribution in [-0.2, 0) is 11.3 Å². The number of halogens is 1. The minimum absolute atomic E-state index is 0.303. The third kappa shape index (κ3) is 4.49. The molecule has 0 saturated carbocycles. The molecule has 0 fully saturated rings. The number of aromatic nitrogens is 1. The van der Waals surface area contributed by atoms with Crippen molar-refractivity contribution in [2.75, 3.05) is 33.9 Å². The second-order valence-electron chi connectivity index (χ2n) is 3.84. The van der Waals surface area contributed by atoms with E-state index in [-0.39, 0.29) is 0 Å². The number of methoxy groups -OCH3 is 1. The zero-order chi connectivity index (χ0) is 12.8. The molecule has 0 atom stereocenters. The van der Waals surface area contributed by atoms with Crippen LogP contribution in [0.1, 0.15) is 10.5 Å². The van der Waals surface area contributed by atoms with Crippen LogP contribution in [-0.4, -0.2) is 54.4 Å². The van der Waals surface area contributed by atoms with Crippen LogP contribution in [0.25, 0.3) is 0 Å². The zero-order valence-corrected chi connectivity index (χ0v) is 11.6. The maximum absolute atomic E-state index is 11.0. The van der Waals surface area contributed by atoms with Gasteiger partial charge in [0.1, 0.15) is 5.69 Å². The predicted molar refractivity (Wildman–Crippen MR) is 68.5 cm³/mol. The number of carboxylic acids is 1. The molecular formula is C11H17BrN2O3. The first-order valence-electron chi connectivity index (χ1n) is 5.31. The third-order valence-corrected chi connectivity index (χ3v) is 2.92. The summed E-state index contributed by atoms with van der Waals surface area (Å²) in [6, 6.07) is 1.61. The van der Waals surface area contributed by atoms with E-state index in [0.717, 1.165) is 17.6 Å². The summed E-state index contributed by atoms with van der Waals surface area (Å²) >= 11 is 3.28. The van der Waals surface area contributed by atoms with Crippen molar-refractivity contribution in [3.63, 3.8) is 0 Å². The Morgan fingerprint density at radius 1 is 1.59 bits per heavy atom. The molecule has 0 aliphatic carbocycles. The normalized spacial score (nSPS) is 11.1. The van der Waals surface area contributed by atoms with Gasteiger partial charge in [0.15, 0.2) is 0 Å². The summed E-state index contributed by atoms with van der Waals surface area (Å²) in [5.41, 5.74) is 0.303. The van der Waals surface area contributed by atoms with Gasteiger partial charge >= 0.3 is 5.97 Å². The van der Waals surface area contributed by atoms with E-state index in [1.807, 2.05) is 7.05 Å². The van der Waals surface area contributed by atoms with Gasteiger partial charge in [0.2, 0.25) is 0 Å². The van der Waals surface area contributed by atoms with Crippen molar-refractivity contribution in [2.45, 2.75) is 6.54 Å². The number of nitrogens with zero attached hydrogens (tertiary/aromatic N) is 2. The molecule has 5 nitrogen and oxygen atoms in total. The summed E-state index contributed by atoms with van der Waals surface area (Å²) in [5.74, 6) is -0.907. The Hall–Kier alpha value is -0.850. The number of hydrogen-bond acceptors (Lipinski definition) is 3. The van der Waals surface area contributed by atoms with Crippen molar-refractivity contribution >= 4 is 21.9 Å². The summed E-state index contributed by atoms with van der Waals surface area (Å²) in [6.45, 7) is 2.94. The fourth-order valence-corrected chi connectivity index (χ4v) is 1.94. The van der Waals surface area contributed by atoms with Crippen molar-refractivity contribution in [1.29, 1.82) is 0 Å². The molecule has 96 valence electrons.